The van der Waals surface area contributed by atoms with Crippen molar-refractivity contribution in [2.24, 2.45) is 0 Å². The van der Waals surface area contributed by atoms with Gasteiger partial charge in [0, 0.05) is 0 Å². The van der Waals surface area contributed by atoms with Gasteiger partial charge in [-0.1, -0.05) is 0 Å². The van der Waals surface area contributed by atoms with E-state index in [2.05, 4.69) is 6.92 Å². The van der Waals surface area contributed by atoms with Crippen LogP contribution < -0.4 is 0 Å². The van der Waals surface area contributed by atoms with Crippen LogP contribution >= 0.6 is 0 Å². The van der Waals surface area contributed by atoms with Crippen molar-refractivity contribution in [1.29, 1.82) is 0 Å². The van der Waals surface area contributed by atoms with Crippen LogP contribution in [0.5, 0.6) is 0 Å². The van der Waals surface area contributed by atoms with Gasteiger partial charge in [0.25, 0.3) is 0 Å². The molecular formula is C4H8KO3. The molecule has 0 aliphatic heterocycles. The molecule has 0 aliphatic carbocycles. The number of carboxylic acid groups (broad SMARTS) is 1. The van der Waals surface area contributed by atoms with Gasteiger partial charge in [0.1, 0.15) is 0 Å². The SMILES string of the molecule is [CH2]C(O)CC(=O)O.[KH]. The summed E-state index contributed by atoms with van der Waals surface area (Å²) < 4.78 is 0. The molecule has 43 valence electrons. The molecule has 3 nitrogen and oxygen atoms in total. The second-order valence-electron chi connectivity index (χ2n) is 1.25. The summed E-state index contributed by atoms with van der Waals surface area (Å²) in [7, 11) is 0. The van der Waals surface area contributed by atoms with Crippen molar-refractivity contribution in [3.63, 3.8) is 0 Å². The summed E-state index contributed by atoms with van der Waals surface area (Å²) in [5.41, 5.74) is 0. The van der Waals surface area contributed by atoms with Gasteiger partial charge >= 0.3 is 57.4 Å². The van der Waals surface area contributed by atoms with Crippen molar-refractivity contribution >= 4 is 57.4 Å². The molecule has 0 heterocycles. The van der Waals surface area contributed by atoms with Gasteiger partial charge in [-0.05, 0) is 6.92 Å². The zero-order valence-electron chi connectivity index (χ0n) is 3.79. The Morgan fingerprint density at radius 3 is 2.12 bits per heavy atom. The van der Waals surface area contributed by atoms with Gasteiger partial charge in [0.05, 0.1) is 12.5 Å². The Morgan fingerprint density at radius 1 is 1.75 bits per heavy atom. The summed E-state index contributed by atoms with van der Waals surface area (Å²) in [5, 5.41) is 16.1. The molecule has 1 unspecified atom stereocenters. The van der Waals surface area contributed by atoms with E-state index in [1.54, 1.807) is 0 Å². The summed E-state index contributed by atoms with van der Waals surface area (Å²) in [5.74, 6) is -1.03. The number of aliphatic hydroxyl groups excluding tert-OH is 1. The summed E-state index contributed by atoms with van der Waals surface area (Å²) in [6, 6.07) is 0. The van der Waals surface area contributed by atoms with E-state index in [-0.39, 0.29) is 57.8 Å². The maximum atomic E-state index is 9.61. The van der Waals surface area contributed by atoms with Gasteiger partial charge < -0.3 is 10.2 Å². The first-order valence-corrected chi connectivity index (χ1v) is 1.86. The van der Waals surface area contributed by atoms with E-state index in [0.717, 1.165) is 0 Å². The van der Waals surface area contributed by atoms with Gasteiger partial charge in [-0.2, -0.15) is 0 Å². The predicted octanol–water partition coefficient (Wildman–Crippen LogP) is -0.992. The molecule has 0 amide bonds. The molecule has 2 N–H and O–H groups in total. The van der Waals surface area contributed by atoms with Crippen LogP contribution in [0.15, 0.2) is 0 Å². The van der Waals surface area contributed by atoms with Crippen LogP contribution in [0, 0.1) is 6.92 Å². The van der Waals surface area contributed by atoms with E-state index in [9.17, 15) is 4.79 Å². The molecule has 0 saturated carbocycles. The predicted molar refractivity (Wildman–Crippen MR) is 30.8 cm³/mol. The molecule has 0 aromatic carbocycles. The van der Waals surface area contributed by atoms with E-state index < -0.39 is 12.1 Å². The molecule has 8 heavy (non-hydrogen) atoms. The summed E-state index contributed by atoms with van der Waals surface area (Å²) >= 11 is 0. The number of hydrogen-bond acceptors (Lipinski definition) is 2. The topological polar surface area (TPSA) is 57.5 Å². The van der Waals surface area contributed by atoms with Crippen LogP contribution in [-0.2, 0) is 4.79 Å². The van der Waals surface area contributed by atoms with Crippen LogP contribution in [0.3, 0.4) is 0 Å². The maximum absolute atomic E-state index is 9.61. The number of carbonyl (C=O) groups is 1. The van der Waals surface area contributed by atoms with Gasteiger partial charge in [-0.3, -0.25) is 4.79 Å². The Hall–Kier alpha value is 1.07. The second-order valence-corrected chi connectivity index (χ2v) is 1.25. The fraction of sp³-hybridized carbons (Fsp3) is 0.500. The number of hydrogen-bond donors (Lipinski definition) is 2. The molecule has 0 aromatic heterocycles. The fourth-order valence-electron chi connectivity index (χ4n) is 0.202. The molecule has 0 fully saturated rings. The molecular weight excluding hydrogens is 135 g/mol. The van der Waals surface area contributed by atoms with Crippen molar-refractivity contribution in [1.82, 2.24) is 0 Å². The van der Waals surface area contributed by atoms with Gasteiger partial charge in [0.15, 0.2) is 0 Å². The van der Waals surface area contributed by atoms with Crippen molar-refractivity contribution in [2.75, 3.05) is 0 Å². The monoisotopic (exact) mass is 143 g/mol. The zero-order valence-corrected chi connectivity index (χ0v) is 3.79. The van der Waals surface area contributed by atoms with Gasteiger partial charge in [-0.25, -0.2) is 0 Å². The average Bonchev–Trinajstić information content (AvgIpc) is 1.27. The first-order valence-electron chi connectivity index (χ1n) is 1.86. The molecule has 0 aliphatic rings. The van der Waals surface area contributed by atoms with Crippen LogP contribution in [0.1, 0.15) is 6.42 Å². The Bertz CT molecular complexity index is 71.7. The molecule has 1 atom stereocenters. The fourth-order valence-corrected chi connectivity index (χ4v) is 0.202. The standard InChI is InChI=1S/C4H7O3.K.H/c1-3(5)2-4(6)7;;/h3,5H,1-2H2,(H,6,7);;. The third kappa shape index (κ3) is 10.1. The van der Waals surface area contributed by atoms with E-state index in [1.165, 1.54) is 0 Å². The Balaban J connectivity index is 0. The van der Waals surface area contributed by atoms with Crippen LogP contribution in [-0.4, -0.2) is 73.7 Å². The molecule has 0 bridgehead atoms. The van der Waals surface area contributed by atoms with Gasteiger partial charge in [-0.15, -0.1) is 0 Å². The van der Waals surface area contributed by atoms with E-state index in [1.807, 2.05) is 0 Å². The van der Waals surface area contributed by atoms with Crippen LogP contribution in [0.4, 0.5) is 0 Å². The third-order valence-corrected chi connectivity index (χ3v) is 0.410. The van der Waals surface area contributed by atoms with E-state index in [4.69, 9.17) is 10.2 Å². The summed E-state index contributed by atoms with van der Waals surface area (Å²) in [4.78, 5) is 9.61. The Kier molecular flexibility index (Phi) is 9.14. The normalized spacial score (nSPS) is 11.8. The van der Waals surface area contributed by atoms with Crippen molar-refractivity contribution in [2.45, 2.75) is 12.5 Å². The van der Waals surface area contributed by atoms with Gasteiger partial charge in [0.2, 0.25) is 0 Å². The van der Waals surface area contributed by atoms with E-state index in [0.29, 0.717) is 0 Å². The first kappa shape index (κ1) is 11.8. The van der Waals surface area contributed by atoms with Crippen LogP contribution in [0.25, 0.3) is 0 Å². The Morgan fingerprint density at radius 2 is 2.12 bits per heavy atom. The van der Waals surface area contributed by atoms with Crippen molar-refractivity contribution < 1.29 is 15.0 Å². The third-order valence-electron chi connectivity index (χ3n) is 0.410. The minimum absolute atomic E-state index is 0. The number of carboxylic acids is 1. The van der Waals surface area contributed by atoms with E-state index >= 15 is 0 Å². The quantitative estimate of drug-likeness (QED) is 0.488. The minimum atomic E-state index is -1.03. The molecule has 0 spiro atoms. The Labute approximate surface area is 90.5 Å². The summed E-state index contributed by atoms with van der Waals surface area (Å²) in [6.45, 7) is 3.05. The second kappa shape index (κ2) is 6.19. The molecule has 0 saturated heterocycles. The first-order chi connectivity index (χ1) is 3.13. The number of aliphatic carboxylic acids is 1. The number of rotatable bonds is 2. The molecule has 0 aromatic rings. The zero-order chi connectivity index (χ0) is 5.86. The molecule has 1 radical (unpaired) electrons. The molecule has 4 heteroatoms. The number of aliphatic hydroxyl groups is 1. The van der Waals surface area contributed by atoms with Crippen LogP contribution in [0.2, 0.25) is 0 Å². The summed E-state index contributed by atoms with van der Waals surface area (Å²) in [6.07, 6.45) is -1.25. The van der Waals surface area contributed by atoms with Crippen molar-refractivity contribution in [3.8, 4) is 0 Å². The molecule has 0 rings (SSSR count). The van der Waals surface area contributed by atoms with Crippen molar-refractivity contribution in [3.05, 3.63) is 6.92 Å². The average molecular weight is 143 g/mol.